The minimum atomic E-state index is 0. The number of hydrogen-bond acceptors (Lipinski definition) is 2. The Morgan fingerprint density at radius 1 is 1.00 bits per heavy atom. The fraction of sp³-hybridized carbons (Fsp3) is 0.0455. The van der Waals surface area contributed by atoms with Crippen molar-refractivity contribution in [3.8, 4) is 11.3 Å². The second-order valence-electron chi connectivity index (χ2n) is 5.92. The average Bonchev–Trinajstić information content (AvgIpc) is 3.06. The Hall–Kier alpha value is -1.95. The van der Waals surface area contributed by atoms with Gasteiger partial charge in [-0.05, 0) is 29.1 Å². The van der Waals surface area contributed by atoms with Gasteiger partial charge in [0, 0.05) is 21.8 Å². The Kier molecular flexibility index (Phi) is 6.47. The lowest BCUT2D eigenvalue weighted by atomic mass is 10.1. The molecule has 0 aliphatic rings. The Morgan fingerprint density at radius 3 is 2.52 bits per heavy atom. The number of benzene rings is 3. The summed E-state index contributed by atoms with van der Waals surface area (Å²) in [5.41, 5.74) is 3.32. The molecular formula is C22H18Br2N2S. The third kappa shape index (κ3) is 4.15. The molecule has 4 rings (SSSR count). The summed E-state index contributed by atoms with van der Waals surface area (Å²) in [6, 6.07) is 23.0. The second-order valence-corrected chi connectivity index (χ2v) is 7.67. The monoisotopic (exact) mass is 500 g/mol. The van der Waals surface area contributed by atoms with Gasteiger partial charge in [-0.3, -0.25) is 0 Å². The first-order valence-electron chi connectivity index (χ1n) is 8.34. The summed E-state index contributed by atoms with van der Waals surface area (Å²) in [6.45, 7) is 4.64. The molecule has 0 N–H and O–H groups in total. The van der Waals surface area contributed by atoms with Gasteiger partial charge in [-0.25, -0.2) is 4.99 Å². The van der Waals surface area contributed by atoms with Gasteiger partial charge in [-0.2, -0.15) is 0 Å². The first kappa shape index (κ1) is 19.8. The van der Waals surface area contributed by atoms with Crippen LogP contribution in [0.3, 0.4) is 0 Å². The van der Waals surface area contributed by atoms with E-state index >= 15 is 0 Å². The van der Waals surface area contributed by atoms with E-state index in [9.17, 15) is 0 Å². The van der Waals surface area contributed by atoms with E-state index < -0.39 is 0 Å². The highest BCUT2D eigenvalue weighted by atomic mass is 79.9. The number of aromatic nitrogens is 1. The van der Waals surface area contributed by atoms with Crippen molar-refractivity contribution in [1.29, 1.82) is 0 Å². The Morgan fingerprint density at radius 2 is 1.74 bits per heavy atom. The van der Waals surface area contributed by atoms with Crippen molar-refractivity contribution in [2.75, 3.05) is 0 Å². The molecular weight excluding hydrogens is 484 g/mol. The lowest BCUT2D eigenvalue weighted by Crippen LogP contribution is -2.14. The predicted molar refractivity (Wildman–Crippen MR) is 125 cm³/mol. The van der Waals surface area contributed by atoms with Gasteiger partial charge in [0.15, 0.2) is 4.80 Å². The molecule has 1 heterocycles. The van der Waals surface area contributed by atoms with Crippen LogP contribution in [0.2, 0.25) is 0 Å². The smallest absolute Gasteiger partial charge is 0.190 e. The van der Waals surface area contributed by atoms with Crippen molar-refractivity contribution >= 4 is 60.7 Å². The van der Waals surface area contributed by atoms with Gasteiger partial charge in [0.1, 0.15) is 0 Å². The highest BCUT2D eigenvalue weighted by molar-refractivity contribution is 9.10. The van der Waals surface area contributed by atoms with Crippen molar-refractivity contribution in [2.45, 2.75) is 6.54 Å². The molecule has 3 aromatic carbocycles. The summed E-state index contributed by atoms with van der Waals surface area (Å²) >= 11 is 5.16. The SMILES string of the molecule is Br.C=CCn1c(-c2ccc(Br)cc2)csc1=Nc1cccc2ccccc12. The van der Waals surface area contributed by atoms with E-state index in [0.717, 1.165) is 27.2 Å². The zero-order valence-corrected chi connectivity index (χ0v) is 18.6. The van der Waals surface area contributed by atoms with Gasteiger partial charge < -0.3 is 4.57 Å². The zero-order chi connectivity index (χ0) is 17.9. The number of hydrogen-bond donors (Lipinski definition) is 0. The minimum absolute atomic E-state index is 0. The van der Waals surface area contributed by atoms with E-state index in [0.29, 0.717) is 0 Å². The average molecular weight is 502 g/mol. The van der Waals surface area contributed by atoms with E-state index in [1.165, 1.54) is 16.3 Å². The molecule has 0 saturated heterocycles. The summed E-state index contributed by atoms with van der Waals surface area (Å²) in [4.78, 5) is 5.95. The molecule has 0 aliphatic carbocycles. The lowest BCUT2D eigenvalue weighted by molar-refractivity contribution is 0.801. The van der Waals surface area contributed by atoms with Crippen LogP contribution in [0.4, 0.5) is 5.69 Å². The highest BCUT2D eigenvalue weighted by Gasteiger charge is 2.08. The molecule has 136 valence electrons. The molecule has 1 aromatic heterocycles. The molecule has 0 fully saturated rings. The van der Waals surface area contributed by atoms with Crippen LogP contribution in [-0.2, 0) is 6.54 Å². The van der Waals surface area contributed by atoms with Crippen LogP contribution in [0.1, 0.15) is 0 Å². The summed E-state index contributed by atoms with van der Waals surface area (Å²) in [6.07, 6.45) is 1.91. The standard InChI is InChI=1S/C22H17BrN2S.BrH/c1-2-14-25-21(17-10-12-18(23)13-11-17)15-26-22(25)24-20-9-5-7-16-6-3-4-8-19(16)20;/h2-13,15H,1,14H2;1H. The minimum Gasteiger partial charge on any atom is -0.313 e. The van der Waals surface area contributed by atoms with Crippen LogP contribution in [0.5, 0.6) is 0 Å². The molecule has 27 heavy (non-hydrogen) atoms. The molecule has 0 bridgehead atoms. The molecule has 0 amide bonds. The topological polar surface area (TPSA) is 17.3 Å². The van der Waals surface area contributed by atoms with Crippen LogP contribution < -0.4 is 4.80 Å². The van der Waals surface area contributed by atoms with Crippen molar-refractivity contribution < 1.29 is 0 Å². The number of fused-ring (bicyclic) bond motifs is 1. The summed E-state index contributed by atoms with van der Waals surface area (Å²) in [7, 11) is 0. The summed E-state index contributed by atoms with van der Waals surface area (Å²) in [5, 5.41) is 4.53. The third-order valence-corrected chi connectivity index (χ3v) is 5.62. The van der Waals surface area contributed by atoms with Gasteiger partial charge in [0.05, 0.1) is 11.4 Å². The van der Waals surface area contributed by atoms with Crippen LogP contribution in [0.15, 0.2) is 94.2 Å². The van der Waals surface area contributed by atoms with Crippen LogP contribution in [0, 0.1) is 0 Å². The fourth-order valence-electron chi connectivity index (χ4n) is 2.98. The molecule has 0 spiro atoms. The van der Waals surface area contributed by atoms with Gasteiger partial charge >= 0.3 is 0 Å². The molecule has 2 nitrogen and oxygen atoms in total. The van der Waals surface area contributed by atoms with Crippen molar-refractivity contribution in [2.24, 2.45) is 4.99 Å². The largest absolute Gasteiger partial charge is 0.313 e. The third-order valence-electron chi connectivity index (χ3n) is 4.23. The first-order chi connectivity index (χ1) is 12.8. The maximum Gasteiger partial charge on any atom is 0.190 e. The number of halogens is 2. The van der Waals surface area contributed by atoms with Crippen LogP contribution >= 0.6 is 44.2 Å². The quantitative estimate of drug-likeness (QED) is 0.264. The van der Waals surface area contributed by atoms with Crippen LogP contribution in [-0.4, -0.2) is 4.57 Å². The van der Waals surface area contributed by atoms with Gasteiger partial charge in [0.2, 0.25) is 0 Å². The van der Waals surface area contributed by atoms with E-state index in [2.05, 4.69) is 99.2 Å². The Bertz CT molecular complexity index is 1140. The number of rotatable bonds is 4. The Balaban J connectivity index is 0.00000210. The molecule has 0 saturated carbocycles. The maximum absolute atomic E-state index is 4.98. The molecule has 4 aromatic rings. The zero-order valence-electron chi connectivity index (χ0n) is 14.5. The summed E-state index contributed by atoms with van der Waals surface area (Å²) < 4.78 is 3.29. The number of thiazole rings is 1. The van der Waals surface area contributed by atoms with Crippen LogP contribution in [0.25, 0.3) is 22.0 Å². The Labute approximate surface area is 181 Å². The van der Waals surface area contributed by atoms with E-state index in [4.69, 9.17) is 4.99 Å². The maximum atomic E-state index is 4.98. The second kappa shape index (κ2) is 8.83. The van der Waals surface area contributed by atoms with Crippen molar-refractivity contribution in [1.82, 2.24) is 4.57 Å². The van der Waals surface area contributed by atoms with Crippen molar-refractivity contribution in [3.63, 3.8) is 0 Å². The molecule has 0 aliphatic heterocycles. The van der Waals surface area contributed by atoms with E-state index in [1.807, 2.05) is 6.08 Å². The molecule has 0 atom stereocenters. The normalized spacial score (nSPS) is 11.4. The number of nitrogens with zero attached hydrogens (tertiary/aromatic N) is 2. The summed E-state index contributed by atoms with van der Waals surface area (Å²) in [5.74, 6) is 0. The van der Waals surface area contributed by atoms with Gasteiger partial charge in [-0.15, -0.1) is 34.9 Å². The predicted octanol–water partition coefficient (Wildman–Crippen LogP) is 7.13. The lowest BCUT2D eigenvalue weighted by Gasteiger charge is -2.07. The van der Waals surface area contributed by atoms with E-state index in [1.54, 1.807) is 11.3 Å². The fourth-order valence-corrected chi connectivity index (χ4v) is 4.18. The molecule has 0 unspecified atom stereocenters. The van der Waals surface area contributed by atoms with Gasteiger partial charge in [0.25, 0.3) is 0 Å². The molecule has 5 heteroatoms. The highest BCUT2D eigenvalue weighted by Crippen LogP contribution is 2.26. The number of allylic oxidation sites excluding steroid dienone is 1. The van der Waals surface area contributed by atoms with Gasteiger partial charge in [-0.1, -0.05) is 70.5 Å². The first-order valence-corrected chi connectivity index (χ1v) is 10.0. The van der Waals surface area contributed by atoms with E-state index in [-0.39, 0.29) is 17.0 Å². The van der Waals surface area contributed by atoms with Crippen molar-refractivity contribution in [3.05, 3.63) is 94.0 Å². The molecule has 0 radical (unpaired) electrons.